The molecule has 0 radical (unpaired) electrons. The molecule has 0 saturated carbocycles. The topological polar surface area (TPSA) is 60.7 Å². The maximum atomic E-state index is 13.2. The number of benzene rings is 1. The van der Waals surface area contributed by atoms with Crippen LogP contribution in [0.2, 0.25) is 0 Å². The van der Waals surface area contributed by atoms with Crippen molar-refractivity contribution in [3.63, 3.8) is 0 Å². The molecule has 0 aliphatic rings. The van der Waals surface area contributed by atoms with E-state index in [1.807, 2.05) is 37.3 Å². The molecule has 23 heavy (non-hydrogen) atoms. The van der Waals surface area contributed by atoms with Gasteiger partial charge in [0.05, 0.1) is 19.5 Å². The van der Waals surface area contributed by atoms with Crippen molar-refractivity contribution in [2.45, 2.75) is 32.6 Å². The molecule has 1 aromatic heterocycles. The first kappa shape index (κ1) is 18.0. The summed E-state index contributed by atoms with van der Waals surface area (Å²) in [6.45, 7) is 6.20. The Bertz CT molecular complexity index is 605. The molecular weight excluding hydrogens is 313 g/mol. The Hall–Kier alpha value is -1.39. The number of rotatable bonds is 9. The maximum Gasteiger partial charge on any atom is 0.355 e. The van der Waals surface area contributed by atoms with Crippen LogP contribution < -0.4 is 5.32 Å². The minimum absolute atomic E-state index is 0.0412. The molecule has 2 rings (SSSR count). The lowest BCUT2D eigenvalue weighted by Gasteiger charge is -2.28. The second-order valence-electron chi connectivity index (χ2n) is 5.09. The molecule has 0 amide bonds. The fourth-order valence-corrected chi connectivity index (χ4v) is 4.35. The van der Waals surface area contributed by atoms with Crippen LogP contribution in [0.25, 0.3) is 0 Å². The summed E-state index contributed by atoms with van der Waals surface area (Å²) in [7, 11) is -3.40. The van der Waals surface area contributed by atoms with E-state index in [0.717, 1.165) is 5.56 Å². The molecule has 0 aliphatic heterocycles. The first-order chi connectivity index (χ1) is 11.1. The first-order valence-corrected chi connectivity index (χ1v) is 9.45. The third-order valence-corrected chi connectivity index (χ3v) is 5.73. The summed E-state index contributed by atoms with van der Waals surface area (Å²) < 4.78 is 29.7. The fourth-order valence-electron chi connectivity index (χ4n) is 2.40. The summed E-state index contributed by atoms with van der Waals surface area (Å²) in [6.07, 6.45) is 1.55. The van der Waals surface area contributed by atoms with Crippen molar-refractivity contribution in [3.05, 3.63) is 60.1 Å². The Morgan fingerprint density at radius 2 is 1.74 bits per heavy atom. The van der Waals surface area contributed by atoms with Gasteiger partial charge in [-0.25, -0.2) is 0 Å². The molecule has 2 aromatic rings. The molecule has 1 N–H and O–H groups in total. The highest BCUT2D eigenvalue weighted by atomic mass is 31.2. The first-order valence-electron chi connectivity index (χ1n) is 7.84. The van der Waals surface area contributed by atoms with E-state index in [1.54, 1.807) is 32.2 Å². The predicted molar refractivity (Wildman–Crippen MR) is 90.3 cm³/mol. The molecule has 0 saturated heterocycles. The molecule has 0 fully saturated rings. The third-order valence-electron chi connectivity index (χ3n) is 3.45. The van der Waals surface area contributed by atoms with E-state index < -0.39 is 13.4 Å². The number of nitrogens with one attached hydrogen (secondary N) is 1. The van der Waals surface area contributed by atoms with Crippen molar-refractivity contribution in [1.82, 2.24) is 5.32 Å². The van der Waals surface area contributed by atoms with E-state index in [-0.39, 0.29) is 6.04 Å². The van der Waals surface area contributed by atoms with Gasteiger partial charge in [0.15, 0.2) is 5.78 Å². The molecule has 0 spiro atoms. The van der Waals surface area contributed by atoms with Gasteiger partial charge in [-0.3, -0.25) is 9.88 Å². The summed E-state index contributed by atoms with van der Waals surface area (Å²) in [6, 6.07) is 13.4. The Kier molecular flexibility index (Phi) is 6.60. The normalized spacial score (nSPS) is 14.6. The molecular formula is C17H24NO4P. The van der Waals surface area contributed by atoms with Crippen LogP contribution in [-0.2, 0) is 13.6 Å². The van der Waals surface area contributed by atoms with Crippen molar-refractivity contribution in [3.8, 4) is 0 Å². The zero-order chi connectivity index (χ0) is 16.7. The highest BCUT2D eigenvalue weighted by Crippen LogP contribution is 2.60. The average molecular weight is 337 g/mol. The van der Waals surface area contributed by atoms with E-state index in [0.29, 0.717) is 19.0 Å². The van der Waals surface area contributed by atoms with Crippen LogP contribution in [0.15, 0.2) is 53.1 Å². The molecule has 2 atom stereocenters. The quantitative estimate of drug-likeness (QED) is 0.660. The van der Waals surface area contributed by atoms with Gasteiger partial charge >= 0.3 is 7.60 Å². The van der Waals surface area contributed by atoms with Crippen LogP contribution in [0.3, 0.4) is 0 Å². The van der Waals surface area contributed by atoms with Gasteiger partial charge in [-0.2, -0.15) is 0 Å². The van der Waals surface area contributed by atoms with Crippen molar-refractivity contribution in [2.75, 3.05) is 13.2 Å². The molecule has 1 aromatic carbocycles. The molecule has 2 unspecified atom stereocenters. The summed E-state index contributed by atoms with van der Waals surface area (Å²) in [5.74, 6) is -0.120. The molecule has 1 heterocycles. The van der Waals surface area contributed by atoms with Gasteiger partial charge in [-0.1, -0.05) is 30.3 Å². The number of furan rings is 1. The average Bonchev–Trinajstić information content (AvgIpc) is 3.07. The molecule has 126 valence electrons. The van der Waals surface area contributed by atoms with Gasteiger partial charge in [-0.15, -0.1) is 0 Å². The van der Waals surface area contributed by atoms with Crippen molar-refractivity contribution < 1.29 is 18.0 Å². The second kappa shape index (κ2) is 8.46. The number of hydrogen-bond acceptors (Lipinski definition) is 5. The van der Waals surface area contributed by atoms with Gasteiger partial charge in [0.2, 0.25) is 0 Å². The van der Waals surface area contributed by atoms with Crippen LogP contribution in [0, 0.1) is 0 Å². The lowest BCUT2D eigenvalue weighted by atomic mass is 10.1. The lowest BCUT2D eigenvalue weighted by Crippen LogP contribution is -2.26. The SMILES string of the molecule is CCOP(=O)(OCC)C(NC(C)c1ccccc1)c1ccco1. The van der Waals surface area contributed by atoms with Gasteiger partial charge in [0.25, 0.3) is 0 Å². The van der Waals surface area contributed by atoms with E-state index in [4.69, 9.17) is 13.5 Å². The zero-order valence-electron chi connectivity index (χ0n) is 13.8. The fraction of sp³-hybridized carbons (Fsp3) is 0.412. The Balaban J connectivity index is 2.29. The van der Waals surface area contributed by atoms with Gasteiger partial charge in [0, 0.05) is 6.04 Å². The minimum atomic E-state index is -3.40. The van der Waals surface area contributed by atoms with E-state index in [1.165, 1.54) is 0 Å². The van der Waals surface area contributed by atoms with E-state index in [9.17, 15) is 4.57 Å². The largest absolute Gasteiger partial charge is 0.467 e. The van der Waals surface area contributed by atoms with Crippen LogP contribution in [-0.4, -0.2) is 13.2 Å². The standard InChI is InChI=1S/C17H24NO4P/c1-4-21-23(19,22-5-2)17(16-12-9-13-20-16)18-14(3)15-10-7-6-8-11-15/h6-14,17-18H,4-5H2,1-3H3. The van der Waals surface area contributed by atoms with Crippen LogP contribution in [0.5, 0.6) is 0 Å². The van der Waals surface area contributed by atoms with E-state index in [2.05, 4.69) is 5.32 Å². The molecule has 0 bridgehead atoms. The van der Waals surface area contributed by atoms with Crippen LogP contribution >= 0.6 is 7.60 Å². The van der Waals surface area contributed by atoms with Crippen LogP contribution in [0.4, 0.5) is 0 Å². The molecule has 0 aliphatic carbocycles. The van der Waals surface area contributed by atoms with Gasteiger partial charge < -0.3 is 13.5 Å². The smallest absolute Gasteiger partial charge is 0.355 e. The monoisotopic (exact) mass is 337 g/mol. The summed E-state index contributed by atoms with van der Waals surface area (Å²) in [5.41, 5.74) is 1.09. The highest BCUT2D eigenvalue weighted by Gasteiger charge is 2.39. The van der Waals surface area contributed by atoms with Gasteiger partial charge in [0.1, 0.15) is 5.76 Å². The van der Waals surface area contributed by atoms with E-state index >= 15 is 0 Å². The third kappa shape index (κ3) is 4.55. The van der Waals surface area contributed by atoms with Crippen LogP contribution in [0.1, 0.15) is 43.9 Å². The zero-order valence-corrected chi connectivity index (χ0v) is 14.7. The van der Waals surface area contributed by atoms with Crippen molar-refractivity contribution in [1.29, 1.82) is 0 Å². The Morgan fingerprint density at radius 3 is 2.26 bits per heavy atom. The number of hydrogen-bond donors (Lipinski definition) is 1. The molecule has 6 heteroatoms. The predicted octanol–water partition coefficient (Wildman–Crippen LogP) is 4.90. The Morgan fingerprint density at radius 1 is 1.09 bits per heavy atom. The van der Waals surface area contributed by atoms with Crippen molar-refractivity contribution >= 4 is 7.60 Å². The lowest BCUT2D eigenvalue weighted by molar-refractivity contribution is 0.201. The Labute approximate surface area is 137 Å². The summed E-state index contributed by atoms with van der Waals surface area (Å²) in [4.78, 5) is 0. The minimum Gasteiger partial charge on any atom is -0.467 e. The maximum absolute atomic E-state index is 13.2. The second-order valence-corrected chi connectivity index (χ2v) is 7.20. The van der Waals surface area contributed by atoms with Crippen molar-refractivity contribution in [2.24, 2.45) is 0 Å². The summed E-state index contributed by atoms with van der Waals surface area (Å²) in [5, 5.41) is 3.34. The molecule has 5 nitrogen and oxygen atoms in total. The summed E-state index contributed by atoms with van der Waals surface area (Å²) >= 11 is 0. The highest BCUT2D eigenvalue weighted by molar-refractivity contribution is 7.54. The van der Waals surface area contributed by atoms with Gasteiger partial charge in [-0.05, 0) is 38.5 Å².